The van der Waals surface area contributed by atoms with Crippen molar-refractivity contribution in [3.63, 3.8) is 0 Å². The van der Waals surface area contributed by atoms with Gasteiger partial charge in [-0.3, -0.25) is 19.3 Å². The Morgan fingerprint density at radius 2 is 1.91 bits per heavy atom. The van der Waals surface area contributed by atoms with Crippen molar-refractivity contribution in [3.05, 3.63) is 74.1 Å². The van der Waals surface area contributed by atoms with Gasteiger partial charge in [-0.2, -0.15) is 0 Å². The van der Waals surface area contributed by atoms with Gasteiger partial charge in [0.05, 0.1) is 17.3 Å². The molecule has 2 aromatic heterocycles. The Labute approximate surface area is 206 Å². The number of amides is 3. The molecule has 6 nitrogen and oxygen atoms in total. The monoisotopic (exact) mass is 491 g/mol. The standard InChI is InChI=1S/C26H25N3O3S2/c1-26-12-8-23(31)29(26)19-6-3-2-5-17(19)25(32)28(26)14-10-22(30)27-13-9-20-18(11-16-34-20)24(27)21-7-4-15-33-21/h2-7,11,15-16,24H,8-10,12-14H2,1H3. The second-order valence-corrected chi connectivity index (χ2v) is 11.2. The first-order valence-corrected chi connectivity index (χ1v) is 13.4. The molecular weight excluding hydrogens is 466 g/mol. The highest BCUT2D eigenvalue weighted by molar-refractivity contribution is 7.10. The number of carbonyl (C=O) groups is 3. The van der Waals surface area contributed by atoms with E-state index in [1.165, 1.54) is 10.4 Å². The summed E-state index contributed by atoms with van der Waals surface area (Å²) in [6.07, 6.45) is 2.06. The Kier molecular flexibility index (Phi) is 5.11. The smallest absolute Gasteiger partial charge is 0.257 e. The molecule has 5 heterocycles. The summed E-state index contributed by atoms with van der Waals surface area (Å²) in [4.78, 5) is 47.9. The van der Waals surface area contributed by atoms with Crippen LogP contribution in [0.3, 0.4) is 0 Å². The van der Waals surface area contributed by atoms with Gasteiger partial charge >= 0.3 is 0 Å². The SMILES string of the molecule is CC12CCC(=O)N1c1ccccc1C(=O)N2CCC(=O)N1CCc2sccc2C1c1cccs1. The van der Waals surface area contributed by atoms with Crippen LogP contribution in [0.25, 0.3) is 0 Å². The third kappa shape index (κ3) is 3.15. The fraction of sp³-hybridized carbons (Fsp3) is 0.346. The maximum Gasteiger partial charge on any atom is 0.257 e. The van der Waals surface area contributed by atoms with Gasteiger partial charge in [0, 0.05) is 35.7 Å². The normalized spacial score (nSPS) is 23.7. The van der Waals surface area contributed by atoms with Gasteiger partial charge < -0.3 is 9.80 Å². The maximum atomic E-state index is 13.6. The average Bonchev–Trinajstić information content (AvgIpc) is 3.59. The summed E-state index contributed by atoms with van der Waals surface area (Å²) in [5, 5.41) is 4.16. The lowest BCUT2D eigenvalue weighted by Gasteiger charge is -2.49. The molecule has 1 fully saturated rings. The minimum atomic E-state index is -0.738. The Morgan fingerprint density at radius 1 is 1.06 bits per heavy atom. The summed E-state index contributed by atoms with van der Waals surface area (Å²) >= 11 is 3.43. The first-order valence-electron chi connectivity index (χ1n) is 11.6. The van der Waals surface area contributed by atoms with E-state index in [-0.39, 0.29) is 36.7 Å². The van der Waals surface area contributed by atoms with Crippen LogP contribution in [0.5, 0.6) is 0 Å². The molecular formula is C26H25N3O3S2. The van der Waals surface area contributed by atoms with E-state index in [4.69, 9.17) is 0 Å². The van der Waals surface area contributed by atoms with E-state index in [0.29, 0.717) is 30.6 Å². The fourth-order valence-corrected chi connectivity index (χ4v) is 7.49. The quantitative estimate of drug-likeness (QED) is 0.533. The summed E-state index contributed by atoms with van der Waals surface area (Å²) in [6, 6.07) is 13.5. The molecule has 2 atom stereocenters. The number of anilines is 1. The van der Waals surface area contributed by atoms with Crippen LogP contribution in [-0.2, 0) is 16.0 Å². The molecule has 0 bridgehead atoms. The van der Waals surface area contributed by atoms with Crippen molar-refractivity contribution in [3.8, 4) is 0 Å². The molecule has 34 heavy (non-hydrogen) atoms. The lowest BCUT2D eigenvalue weighted by Crippen LogP contribution is -2.62. The van der Waals surface area contributed by atoms with Crippen molar-refractivity contribution < 1.29 is 14.4 Å². The molecule has 6 rings (SSSR count). The molecule has 3 amide bonds. The molecule has 174 valence electrons. The van der Waals surface area contributed by atoms with Gasteiger partial charge in [0.15, 0.2) is 0 Å². The van der Waals surface area contributed by atoms with Crippen LogP contribution in [0.2, 0.25) is 0 Å². The first-order chi connectivity index (χ1) is 16.5. The van der Waals surface area contributed by atoms with E-state index in [0.717, 1.165) is 11.3 Å². The largest absolute Gasteiger partial charge is 0.330 e. The summed E-state index contributed by atoms with van der Waals surface area (Å²) in [5.41, 5.74) is 1.69. The molecule has 0 N–H and O–H groups in total. The lowest BCUT2D eigenvalue weighted by molar-refractivity contribution is -0.133. The fourth-order valence-electron chi connectivity index (χ4n) is 5.73. The summed E-state index contributed by atoms with van der Waals surface area (Å²) < 4.78 is 0. The molecule has 1 aromatic carbocycles. The highest BCUT2D eigenvalue weighted by Gasteiger charge is 2.53. The minimum Gasteiger partial charge on any atom is -0.330 e. The number of carbonyl (C=O) groups excluding carboxylic acids is 3. The van der Waals surface area contributed by atoms with Crippen LogP contribution in [0, 0.1) is 0 Å². The topological polar surface area (TPSA) is 60.9 Å². The van der Waals surface area contributed by atoms with Crippen molar-refractivity contribution >= 4 is 46.1 Å². The molecule has 3 aromatic rings. The summed E-state index contributed by atoms with van der Waals surface area (Å²) in [5.74, 6) is -0.0376. The van der Waals surface area contributed by atoms with Crippen LogP contribution >= 0.6 is 22.7 Å². The van der Waals surface area contributed by atoms with Crippen molar-refractivity contribution in [2.24, 2.45) is 0 Å². The van der Waals surface area contributed by atoms with Gasteiger partial charge in [-0.15, -0.1) is 22.7 Å². The highest BCUT2D eigenvalue weighted by Crippen LogP contribution is 2.44. The zero-order chi connectivity index (χ0) is 23.4. The maximum absolute atomic E-state index is 13.6. The van der Waals surface area contributed by atoms with Crippen LogP contribution < -0.4 is 4.90 Å². The van der Waals surface area contributed by atoms with Gasteiger partial charge in [-0.05, 0) is 60.4 Å². The predicted molar refractivity (Wildman–Crippen MR) is 133 cm³/mol. The van der Waals surface area contributed by atoms with E-state index in [2.05, 4.69) is 22.9 Å². The minimum absolute atomic E-state index is 0.0255. The number of para-hydroxylation sites is 1. The zero-order valence-electron chi connectivity index (χ0n) is 18.9. The summed E-state index contributed by atoms with van der Waals surface area (Å²) in [7, 11) is 0. The first kappa shape index (κ1) is 21.6. The van der Waals surface area contributed by atoms with Crippen molar-refractivity contribution in [2.45, 2.75) is 44.3 Å². The number of fused-ring (bicyclic) bond motifs is 4. The zero-order valence-corrected chi connectivity index (χ0v) is 20.5. The van der Waals surface area contributed by atoms with Crippen LogP contribution in [-0.4, -0.2) is 46.3 Å². The molecule has 1 saturated heterocycles. The average molecular weight is 492 g/mol. The van der Waals surface area contributed by atoms with E-state index < -0.39 is 5.66 Å². The van der Waals surface area contributed by atoms with Gasteiger partial charge in [0.25, 0.3) is 5.91 Å². The lowest BCUT2D eigenvalue weighted by atomic mass is 9.96. The van der Waals surface area contributed by atoms with Crippen LogP contribution in [0.1, 0.15) is 57.9 Å². The van der Waals surface area contributed by atoms with E-state index in [1.54, 1.807) is 38.5 Å². The molecule has 2 unspecified atom stereocenters. The Balaban J connectivity index is 1.28. The number of nitrogens with zero attached hydrogens (tertiary/aromatic N) is 3. The number of rotatable bonds is 4. The number of hydrogen-bond acceptors (Lipinski definition) is 5. The third-order valence-electron chi connectivity index (χ3n) is 7.39. The van der Waals surface area contributed by atoms with E-state index >= 15 is 0 Å². The number of thiophene rings is 2. The van der Waals surface area contributed by atoms with E-state index in [1.807, 2.05) is 36.1 Å². The van der Waals surface area contributed by atoms with Crippen LogP contribution in [0.4, 0.5) is 5.69 Å². The van der Waals surface area contributed by atoms with Crippen molar-refractivity contribution in [1.82, 2.24) is 9.80 Å². The van der Waals surface area contributed by atoms with Gasteiger partial charge in [0.2, 0.25) is 11.8 Å². The Hall–Kier alpha value is -2.97. The molecule has 8 heteroatoms. The predicted octanol–water partition coefficient (Wildman–Crippen LogP) is 4.67. The highest BCUT2D eigenvalue weighted by atomic mass is 32.1. The Morgan fingerprint density at radius 3 is 2.74 bits per heavy atom. The molecule has 3 aliphatic rings. The van der Waals surface area contributed by atoms with Crippen molar-refractivity contribution in [2.75, 3.05) is 18.0 Å². The number of hydrogen-bond donors (Lipinski definition) is 0. The van der Waals surface area contributed by atoms with Gasteiger partial charge in [-0.25, -0.2) is 0 Å². The Bertz CT molecular complexity index is 1280. The molecule has 0 spiro atoms. The molecule has 0 aliphatic carbocycles. The third-order valence-corrected chi connectivity index (χ3v) is 9.32. The van der Waals surface area contributed by atoms with Gasteiger partial charge in [-0.1, -0.05) is 18.2 Å². The molecule has 0 radical (unpaired) electrons. The summed E-state index contributed by atoms with van der Waals surface area (Å²) in [6.45, 7) is 2.91. The van der Waals surface area contributed by atoms with Gasteiger partial charge in [0.1, 0.15) is 5.66 Å². The number of benzene rings is 1. The van der Waals surface area contributed by atoms with Crippen LogP contribution in [0.15, 0.2) is 53.2 Å². The van der Waals surface area contributed by atoms with Crippen molar-refractivity contribution in [1.29, 1.82) is 0 Å². The second-order valence-electron chi connectivity index (χ2n) is 9.22. The molecule has 0 saturated carbocycles. The van der Waals surface area contributed by atoms with E-state index in [9.17, 15) is 14.4 Å². The second kappa shape index (κ2) is 8.06. The molecule has 3 aliphatic heterocycles.